The van der Waals surface area contributed by atoms with Gasteiger partial charge in [-0.15, -0.1) is 0 Å². The smallest absolute Gasteiger partial charge is 0.410 e. The van der Waals surface area contributed by atoms with Crippen LogP contribution in [0.25, 0.3) is 0 Å². The quantitative estimate of drug-likeness (QED) is 0.910. The van der Waals surface area contributed by atoms with Crippen LogP contribution in [0.4, 0.5) is 4.79 Å². The van der Waals surface area contributed by atoms with E-state index in [1.807, 2.05) is 30.3 Å². The first-order valence-corrected chi connectivity index (χ1v) is 9.48. The Labute approximate surface area is 149 Å². The van der Waals surface area contributed by atoms with Gasteiger partial charge in [0.05, 0.1) is 5.92 Å². The zero-order valence-corrected chi connectivity index (χ0v) is 14.8. The van der Waals surface area contributed by atoms with Crippen molar-refractivity contribution in [2.45, 2.75) is 57.6 Å². The summed E-state index contributed by atoms with van der Waals surface area (Å²) in [6, 6.07) is 9.98. The molecule has 3 rings (SSSR count). The van der Waals surface area contributed by atoms with Crippen LogP contribution >= 0.6 is 0 Å². The van der Waals surface area contributed by atoms with Crippen LogP contribution in [0, 0.1) is 5.92 Å². The summed E-state index contributed by atoms with van der Waals surface area (Å²) in [4.78, 5) is 26.5. The van der Waals surface area contributed by atoms with Crippen molar-refractivity contribution in [3.63, 3.8) is 0 Å². The van der Waals surface area contributed by atoms with Gasteiger partial charge in [0.25, 0.3) is 0 Å². The number of hydrogen-bond donors (Lipinski definition) is 1. The van der Waals surface area contributed by atoms with Crippen LogP contribution in [0.15, 0.2) is 30.3 Å². The summed E-state index contributed by atoms with van der Waals surface area (Å²) >= 11 is 0. The number of hydrogen-bond acceptors (Lipinski definition) is 3. The molecular weight excluding hydrogens is 316 g/mol. The monoisotopic (exact) mass is 344 g/mol. The molecule has 1 aliphatic heterocycles. The first-order valence-electron chi connectivity index (χ1n) is 9.48. The average Bonchev–Trinajstić information content (AvgIpc) is 2.68. The molecule has 1 aromatic carbocycles. The molecular formula is C20H28N2O3. The van der Waals surface area contributed by atoms with Crippen molar-refractivity contribution in [3.05, 3.63) is 35.9 Å². The van der Waals surface area contributed by atoms with Gasteiger partial charge in [0, 0.05) is 19.1 Å². The van der Waals surface area contributed by atoms with E-state index in [4.69, 9.17) is 4.74 Å². The molecule has 1 unspecified atom stereocenters. The lowest BCUT2D eigenvalue weighted by Gasteiger charge is -2.32. The number of nitrogens with one attached hydrogen (secondary N) is 1. The second-order valence-electron chi connectivity index (χ2n) is 7.17. The van der Waals surface area contributed by atoms with Crippen molar-refractivity contribution in [2.75, 3.05) is 13.1 Å². The average molecular weight is 344 g/mol. The Balaban J connectivity index is 1.46. The van der Waals surface area contributed by atoms with Crippen LogP contribution in [-0.2, 0) is 16.1 Å². The second kappa shape index (κ2) is 8.88. The predicted octanol–water partition coefficient (Wildman–Crippen LogP) is 3.48. The Morgan fingerprint density at radius 3 is 2.56 bits per heavy atom. The van der Waals surface area contributed by atoms with Crippen molar-refractivity contribution in [1.29, 1.82) is 0 Å². The topological polar surface area (TPSA) is 58.6 Å². The lowest BCUT2D eigenvalue weighted by molar-refractivity contribution is -0.127. The van der Waals surface area contributed by atoms with E-state index in [9.17, 15) is 9.59 Å². The van der Waals surface area contributed by atoms with Gasteiger partial charge in [0.15, 0.2) is 0 Å². The molecule has 1 heterocycles. The first kappa shape index (κ1) is 17.8. The van der Waals surface area contributed by atoms with Crippen molar-refractivity contribution in [2.24, 2.45) is 5.92 Å². The maximum atomic E-state index is 12.5. The second-order valence-corrected chi connectivity index (χ2v) is 7.17. The van der Waals surface area contributed by atoms with Crippen LogP contribution in [-0.4, -0.2) is 36.0 Å². The Bertz CT molecular complexity index is 570. The van der Waals surface area contributed by atoms with E-state index in [1.54, 1.807) is 4.90 Å². The van der Waals surface area contributed by atoms with Crippen molar-refractivity contribution >= 4 is 12.0 Å². The Kier molecular flexibility index (Phi) is 6.31. The molecule has 0 radical (unpaired) electrons. The number of benzene rings is 1. The summed E-state index contributed by atoms with van der Waals surface area (Å²) in [5, 5.41) is 3.19. The van der Waals surface area contributed by atoms with Crippen LogP contribution in [0.5, 0.6) is 0 Å². The lowest BCUT2D eigenvalue weighted by Crippen LogP contribution is -2.48. The maximum Gasteiger partial charge on any atom is 0.410 e. The molecule has 1 aromatic rings. The van der Waals surface area contributed by atoms with E-state index in [-0.39, 0.29) is 24.5 Å². The van der Waals surface area contributed by atoms with Crippen LogP contribution in [0.1, 0.15) is 50.5 Å². The fourth-order valence-corrected chi connectivity index (χ4v) is 3.73. The number of rotatable bonds is 4. The summed E-state index contributed by atoms with van der Waals surface area (Å²) < 4.78 is 5.40. The Morgan fingerprint density at radius 2 is 1.80 bits per heavy atom. The Hall–Kier alpha value is -2.04. The molecule has 1 saturated heterocycles. The van der Waals surface area contributed by atoms with Gasteiger partial charge in [0.2, 0.25) is 5.91 Å². The SMILES string of the molecule is O=C(NC1CCCCC1)C1CCCN(C(=O)OCc2ccccc2)C1. The number of ether oxygens (including phenoxy) is 1. The predicted molar refractivity (Wildman–Crippen MR) is 95.9 cm³/mol. The number of carbonyl (C=O) groups excluding carboxylic acids is 2. The van der Waals surface area contributed by atoms with Crippen molar-refractivity contribution < 1.29 is 14.3 Å². The van der Waals surface area contributed by atoms with Gasteiger partial charge < -0.3 is 15.0 Å². The summed E-state index contributed by atoms with van der Waals surface area (Å²) in [7, 11) is 0. The number of nitrogens with zero attached hydrogens (tertiary/aromatic N) is 1. The molecule has 0 spiro atoms. The Morgan fingerprint density at radius 1 is 1.04 bits per heavy atom. The van der Waals surface area contributed by atoms with E-state index in [0.717, 1.165) is 31.2 Å². The van der Waals surface area contributed by atoms with Crippen LogP contribution in [0.2, 0.25) is 0 Å². The van der Waals surface area contributed by atoms with Crippen molar-refractivity contribution in [1.82, 2.24) is 10.2 Å². The third-order valence-corrected chi connectivity index (χ3v) is 5.21. The largest absolute Gasteiger partial charge is 0.445 e. The molecule has 1 saturated carbocycles. The summed E-state index contributed by atoms with van der Waals surface area (Å²) in [6.45, 7) is 1.40. The molecule has 0 aromatic heterocycles. The molecule has 2 amide bonds. The molecule has 136 valence electrons. The van der Waals surface area contributed by atoms with E-state index in [0.29, 0.717) is 19.1 Å². The van der Waals surface area contributed by atoms with Crippen LogP contribution < -0.4 is 5.32 Å². The molecule has 5 heteroatoms. The van der Waals surface area contributed by atoms with Crippen molar-refractivity contribution in [3.8, 4) is 0 Å². The normalized spacial score (nSPS) is 21.6. The summed E-state index contributed by atoms with van der Waals surface area (Å²) in [6.07, 6.45) is 7.23. The molecule has 1 atom stereocenters. The van der Waals surface area contributed by atoms with E-state index < -0.39 is 0 Å². The highest BCUT2D eigenvalue weighted by Gasteiger charge is 2.30. The standard InChI is InChI=1S/C20H28N2O3/c23-19(21-18-11-5-2-6-12-18)17-10-7-13-22(14-17)20(24)25-15-16-8-3-1-4-9-16/h1,3-4,8-9,17-18H,2,5-7,10-15H2,(H,21,23). The minimum atomic E-state index is -0.320. The molecule has 1 aliphatic carbocycles. The first-order chi connectivity index (χ1) is 12.2. The minimum absolute atomic E-state index is 0.104. The van der Waals surface area contributed by atoms with E-state index in [2.05, 4.69) is 5.32 Å². The van der Waals surface area contributed by atoms with Gasteiger partial charge in [-0.25, -0.2) is 4.79 Å². The summed E-state index contributed by atoms with van der Waals surface area (Å²) in [5.41, 5.74) is 0.972. The zero-order valence-electron chi connectivity index (χ0n) is 14.8. The van der Waals surface area contributed by atoms with E-state index in [1.165, 1.54) is 19.3 Å². The number of amides is 2. The number of likely N-dealkylation sites (tertiary alicyclic amines) is 1. The van der Waals surface area contributed by atoms with Gasteiger partial charge in [-0.1, -0.05) is 49.6 Å². The maximum absolute atomic E-state index is 12.5. The van der Waals surface area contributed by atoms with Gasteiger partial charge >= 0.3 is 6.09 Å². The fourth-order valence-electron chi connectivity index (χ4n) is 3.73. The van der Waals surface area contributed by atoms with Gasteiger partial charge in [-0.05, 0) is 31.2 Å². The lowest BCUT2D eigenvalue weighted by atomic mass is 9.93. The van der Waals surface area contributed by atoms with Gasteiger partial charge in [-0.2, -0.15) is 0 Å². The number of piperidine rings is 1. The minimum Gasteiger partial charge on any atom is -0.445 e. The zero-order chi connectivity index (χ0) is 17.5. The molecule has 5 nitrogen and oxygen atoms in total. The van der Waals surface area contributed by atoms with Gasteiger partial charge in [-0.3, -0.25) is 4.79 Å². The highest BCUT2D eigenvalue weighted by molar-refractivity contribution is 5.80. The molecule has 2 fully saturated rings. The molecule has 0 bridgehead atoms. The third-order valence-electron chi connectivity index (χ3n) is 5.21. The third kappa shape index (κ3) is 5.21. The highest BCUT2D eigenvalue weighted by Crippen LogP contribution is 2.21. The van der Waals surface area contributed by atoms with Crippen LogP contribution in [0.3, 0.4) is 0 Å². The summed E-state index contributed by atoms with van der Waals surface area (Å²) in [5.74, 6) is -0.00703. The van der Waals surface area contributed by atoms with E-state index >= 15 is 0 Å². The fraction of sp³-hybridized carbons (Fsp3) is 0.600. The molecule has 2 aliphatic rings. The molecule has 25 heavy (non-hydrogen) atoms. The highest BCUT2D eigenvalue weighted by atomic mass is 16.6. The number of carbonyl (C=O) groups is 2. The van der Waals surface area contributed by atoms with Gasteiger partial charge in [0.1, 0.15) is 6.61 Å². The molecule has 1 N–H and O–H groups in total.